The van der Waals surface area contributed by atoms with Gasteiger partial charge in [0.25, 0.3) is 0 Å². The molecule has 0 atom stereocenters. The first kappa shape index (κ1) is 16.4. The average molecular weight is 391 g/mol. The van der Waals surface area contributed by atoms with Crippen LogP contribution in [0.2, 0.25) is 0 Å². The maximum atomic E-state index is 12.6. The van der Waals surface area contributed by atoms with Crippen LogP contribution in [-0.2, 0) is 16.6 Å². The normalized spacial score (nSPS) is 12.0. The zero-order valence-corrected chi connectivity index (χ0v) is 15.6. The predicted molar refractivity (Wildman–Crippen MR) is 100 cm³/mol. The van der Waals surface area contributed by atoms with Gasteiger partial charge in [0.15, 0.2) is 0 Å². The zero-order valence-electron chi connectivity index (χ0n) is 13.2. The third-order valence-electron chi connectivity index (χ3n) is 3.71. The third kappa shape index (κ3) is 3.23. The molecule has 2 N–H and O–H groups in total. The van der Waals surface area contributed by atoms with E-state index in [1.165, 1.54) is 11.3 Å². The van der Waals surface area contributed by atoms with E-state index in [0.29, 0.717) is 0 Å². The van der Waals surface area contributed by atoms with E-state index in [1.54, 1.807) is 35.9 Å². The molecule has 0 aromatic carbocycles. The number of aromatic nitrogens is 3. The van der Waals surface area contributed by atoms with Gasteiger partial charge in [0.1, 0.15) is 9.86 Å². The minimum atomic E-state index is -3.58. The highest BCUT2D eigenvalue weighted by atomic mass is 32.2. The van der Waals surface area contributed by atoms with Crippen molar-refractivity contribution < 1.29 is 8.42 Å². The van der Waals surface area contributed by atoms with Gasteiger partial charge < -0.3 is 4.98 Å². The second-order valence-corrected chi connectivity index (χ2v) is 9.55. The van der Waals surface area contributed by atoms with E-state index in [1.807, 2.05) is 24.4 Å². The molecule has 0 radical (unpaired) electrons. The number of sulfonamides is 1. The summed E-state index contributed by atoms with van der Waals surface area (Å²) in [5.41, 5.74) is 2.42. The molecule has 0 unspecified atom stereocenters. The molecule has 4 aromatic heterocycles. The highest BCUT2D eigenvalue weighted by Gasteiger charge is 2.18. The molecule has 0 saturated carbocycles. The second kappa shape index (κ2) is 6.34. The van der Waals surface area contributed by atoms with Gasteiger partial charge in [-0.05, 0) is 36.8 Å². The first-order chi connectivity index (χ1) is 12.0. The van der Waals surface area contributed by atoms with Crippen LogP contribution >= 0.6 is 22.7 Å². The summed E-state index contributed by atoms with van der Waals surface area (Å²) < 4.78 is 28.1. The molecule has 128 valence electrons. The number of thiazole rings is 1. The van der Waals surface area contributed by atoms with E-state index in [-0.39, 0.29) is 10.8 Å². The molecule has 0 aliphatic heterocycles. The Balaban J connectivity index is 1.55. The van der Waals surface area contributed by atoms with Crippen molar-refractivity contribution in [2.24, 2.45) is 0 Å². The van der Waals surface area contributed by atoms with E-state index in [4.69, 9.17) is 0 Å². The first-order valence-corrected chi connectivity index (χ1v) is 10.6. The Morgan fingerprint density at radius 2 is 2.16 bits per heavy atom. The Morgan fingerprint density at radius 1 is 1.28 bits per heavy atom. The van der Waals surface area contributed by atoms with Crippen molar-refractivity contribution >= 4 is 43.7 Å². The molecule has 9 heteroatoms. The Labute approximate surface area is 152 Å². The summed E-state index contributed by atoms with van der Waals surface area (Å²) >= 11 is 2.77. The SMILES string of the molecule is Cc1nc(-c2ccc(S(=O)(=O)NCc3c[nH]c4ncccc34)s2)cs1. The van der Waals surface area contributed by atoms with E-state index >= 15 is 0 Å². The van der Waals surface area contributed by atoms with E-state index in [0.717, 1.165) is 32.2 Å². The van der Waals surface area contributed by atoms with Crippen LogP contribution in [0.1, 0.15) is 10.6 Å². The fraction of sp³-hybridized carbons (Fsp3) is 0.125. The lowest BCUT2D eigenvalue weighted by Crippen LogP contribution is -2.22. The van der Waals surface area contributed by atoms with Gasteiger partial charge in [-0.15, -0.1) is 22.7 Å². The molecule has 0 bridgehead atoms. The molecule has 4 heterocycles. The van der Waals surface area contributed by atoms with Crippen LogP contribution in [0.4, 0.5) is 0 Å². The van der Waals surface area contributed by atoms with Gasteiger partial charge >= 0.3 is 0 Å². The van der Waals surface area contributed by atoms with Crippen molar-refractivity contribution in [3.8, 4) is 10.6 Å². The van der Waals surface area contributed by atoms with Crippen molar-refractivity contribution in [3.05, 3.63) is 52.6 Å². The number of nitrogens with zero attached hydrogens (tertiary/aromatic N) is 2. The van der Waals surface area contributed by atoms with Crippen LogP contribution in [0, 0.1) is 6.92 Å². The summed E-state index contributed by atoms with van der Waals surface area (Å²) in [6.45, 7) is 2.13. The van der Waals surface area contributed by atoms with Crippen molar-refractivity contribution in [1.82, 2.24) is 19.7 Å². The van der Waals surface area contributed by atoms with Crippen LogP contribution in [0.3, 0.4) is 0 Å². The van der Waals surface area contributed by atoms with E-state index in [2.05, 4.69) is 19.7 Å². The van der Waals surface area contributed by atoms with Crippen LogP contribution in [0.25, 0.3) is 21.6 Å². The lowest BCUT2D eigenvalue weighted by Gasteiger charge is -2.03. The van der Waals surface area contributed by atoms with Crippen molar-refractivity contribution in [2.45, 2.75) is 17.7 Å². The van der Waals surface area contributed by atoms with Gasteiger partial charge in [-0.25, -0.2) is 23.1 Å². The fourth-order valence-corrected chi connectivity index (χ4v) is 5.49. The summed E-state index contributed by atoms with van der Waals surface area (Å²) in [4.78, 5) is 12.5. The minimum absolute atomic E-state index is 0.205. The number of fused-ring (bicyclic) bond motifs is 1. The summed E-state index contributed by atoms with van der Waals surface area (Å²) in [6, 6.07) is 7.16. The number of H-pyrrole nitrogens is 1. The number of hydrogen-bond acceptors (Lipinski definition) is 6. The van der Waals surface area contributed by atoms with Crippen LogP contribution in [-0.4, -0.2) is 23.4 Å². The summed E-state index contributed by atoms with van der Waals surface area (Å²) in [7, 11) is -3.58. The topological polar surface area (TPSA) is 87.7 Å². The Morgan fingerprint density at radius 3 is 2.96 bits per heavy atom. The third-order valence-corrected chi connectivity index (χ3v) is 7.48. The summed E-state index contributed by atoms with van der Waals surface area (Å²) in [5.74, 6) is 0. The number of hydrogen-bond donors (Lipinski definition) is 2. The molecule has 0 fully saturated rings. The monoisotopic (exact) mass is 390 g/mol. The van der Waals surface area contributed by atoms with Crippen molar-refractivity contribution in [1.29, 1.82) is 0 Å². The van der Waals surface area contributed by atoms with E-state index in [9.17, 15) is 8.42 Å². The first-order valence-electron chi connectivity index (χ1n) is 7.46. The number of aryl methyl sites for hydroxylation is 1. The number of nitrogens with one attached hydrogen (secondary N) is 2. The highest BCUT2D eigenvalue weighted by molar-refractivity contribution is 7.91. The molecule has 0 aliphatic rings. The molecule has 6 nitrogen and oxygen atoms in total. The number of rotatable bonds is 5. The molecule has 0 aliphatic carbocycles. The number of aromatic amines is 1. The quantitative estimate of drug-likeness (QED) is 0.546. The van der Waals surface area contributed by atoms with E-state index < -0.39 is 10.0 Å². The molecular formula is C16H14N4O2S3. The van der Waals surface area contributed by atoms with Gasteiger partial charge in [0.2, 0.25) is 10.0 Å². The molecule has 4 rings (SSSR count). The lowest BCUT2D eigenvalue weighted by molar-refractivity contribution is 0.583. The maximum Gasteiger partial charge on any atom is 0.250 e. The molecule has 4 aromatic rings. The van der Waals surface area contributed by atoms with Crippen LogP contribution in [0.15, 0.2) is 46.2 Å². The van der Waals surface area contributed by atoms with Crippen molar-refractivity contribution in [2.75, 3.05) is 0 Å². The molecule has 0 saturated heterocycles. The number of thiophene rings is 1. The maximum absolute atomic E-state index is 12.6. The summed E-state index contributed by atoms with van der Waals surface area (Å²) in [6.07, 6.45) is 3.47. The van der Waals surface area contributed by atoms with Gasteiger partial charge in [0, 0.05) is 29.7 Å². The second-order valence-electron chi connectivity index (χ2n) is 5.41. The predicted octanol–water partition coefficient (Wildman–Crippen LogP) is 3.53. The fourth-order valence-electron chi connectivity index (χ4n) is 2.48. The van der Waals surface area contributed by atoms with Gasteiger partial charge in [-0.3, -0.25) is 0 Å². The van der Waals surface area contributed by atoms with Gasteiger partial charge in [0.05, 0.1) is 15.6 Å². The van der Waals surface area contributed by atoms with Crippen molar-refractivity contribution in [3.63, 3.8) is 0 Å². The smallest absolute Gasteiger partial charge is 0.250 e. The average Bonchev–Trinajstić information content (AvgIpc) is 3.32. The Kier molecular flexibility index (Phi) is 4.16. The highest BCUT2D eigenvalue weighted by Crippen LogP contribution is 2.31. The van der Waals surface area contributed by atoms with Crippen LogP contribution in [0.5, 0.6) is 0 Å². The van der Waals surface area contributed by atoms with Gasteiger partial charge in [-0.2, -0.15) is 0 Å². The molecule has 0 amide bonds. The standard InChI is InChI=1S/C16H14N4O2S3/c1-10-20-13(9-23-10)14-4-5-15(24-14)25(21,22)19-8-11-7-18-16-12(11)3-2-6-17-16/h2-7,9,19H,8H2,1H3,(H,17,18). The van der Waals surface area contributed by atoms with Crippen LogP contribution < -0.4 is 4.72 Å². The van der Waals surface area contributed by atoms with Gasteiger partial charge in [-0.1, -0.05) is 0 Å². The number of pyridine rings is 1. The lowest BCUT2D eigenvalue weighted by atomic mass is 10.2. The molecule has 0 spiro atoms. The minimum Gasteiger partial charge on any atom is -0.346 e. The Bertz CT molecular complexity index is 1140. The molecule has 25 heavy (non-hydrogen) atoms. The zero-order chi connectivity index (χ0) is 17.4. The summed E-state index contributed by atoms with van der Waals surface area (Å²) in [5, 5.41) is 3.80. The largest absolute Gasteiger partial charge is 0.346 e. The molecular weight excluding hydrogens is 376 g/mol. The Hall–Kier alpha value is -2.07.